The summed E-state index contributed by atoms with van der Waals surface area (Å²) < 4.78 is 12.3. The predicted octanol–water partition coefficient (Wildman–Crippen LogP) is 1.75. The summed E-state index contributed by atoms with van der Waals surface area (Å²) in [5.74, 6) is -2.36. The van der Waals surface area contributed by atoms with E-state index in [1.807, 2.05) is 30.3 Å². The molecule has 10 heteroatoms. The quantitative estimate of drug-likeness (QED) is 0.333. The van der Waals surface area contributed by atoms with Gasteiger partial charge in [-0.25, -0.2) is 4.39 Å². The number of fused-ring (bicyclic) bond motifs is 1. The Bertz CT molecular complexity index is 1060. The van der Waals surface area contributed by atoms with E-state index < -0.39 is 53.8 Å². The van der Waals surface area contributed by atoms with Gasteiger partial charge in [-0.1, -0.05) is 43.3 Å². The number of amides is 4. The zero-order valence-corrected chi connectivity index (χ0v) is 22.0. The molecule has 2 fully saturated rings. The zero-order valence-electron chi connectivity index (χ0n) is 22.0. The Morgan fingerprint density at radius 2 is 1.84 bits per heavy atom. The monoisotopic (exact) mass is 528 g/mol. The predicted molar refractivity (Wildman–Crippen MR) is 140 cm³/mol. The minimum atomic E-state index is -1.31. The number of carbonyl (C=O) groups is 5. The van der Waals surface area contributed by atoms with E-state index in [9.17, 15) is 28.4 Å². The van der Waals surface area contributed by atoms with Crippen molar-refractivity contribution in [2.45, 2.75) is 82.5 Å². The summed E-state index contributed by atoms with van der Waals surface area (Å²) in [5.41, 5.74) is -0.449. The van der Waals surface area contributed by atoms with E-state index in [2.05, 4.69) is 16.0 Å². The summed E-state index contributed by atoms with van der Waals surface area (Å²) in [6.07, 6.45) is 5.39. The van der Waals surface area contributed by atoms with Gasteiger partial charge in [-0.05, 0) is 57.1 Å². The van der Waals surface area contributed by atoms with E-state index in [4.69, 9.17) is 0 Å². The first-order valence-corrected chi connectivity index (χ1v) is 13.2. The van der Waals surface area contributed by atoms with Crippen molar-refractivity contribution in [1.82, 2.24) is 20.9 Å². The average molecular weight is 529 g/mol. The molecule has 0 unspecified atom stereocenters. The molecule has 3 N–H and O–H groups in total. The van der Waals surface area contributed by atoms with E-state index in [-0.39, 0.29) is 25.2 Å². The number of unbranched alkanes of at least 4 members (excludes halogenated alkanes) is 1. The van der Waals surface area contributed by atoms with Crippen molar-refractivity contribution < 1.29 is 28.4 Å². The normalized spacial score (nSPS) is 26.7. The number of nitrogens with one attached hydrogen (secondary N) is 3. The van der Waals surface area contributed by atoms with Crippen molar-refractivity contribution in [3.63, 3.8) is 0 Å². The number of allylic oxidation sites excluding steroid dienone is 2. The van der Waals surface area contributed by atoms with Gasteiger partial charge in [0.15, 0.2) is 12.5 Å². The van der Waals surface area contributed by atoms with Crippen LogP contribution in [0, 0.1) is 0 Å². The zero-order chi connectivity index (χ0) is 27.7. The lowest BCUT2D eigenvalue weighted by atomic mass is 9.94. The van der Waals surface area contributed by atoms with Crippen LogP contribution in [0.15, 0.2) is 42.5 Å². The van der Waals surface area contributed by atoms with Crippen LogP contribution in [0.5, 0.6) is 0 Å². The van der Waals surface area contributed by atoms with Crippen molar-refractivity contribution >= 4 is 29.4 Å². The highest BCUT2D eigenvalue weighted by Gasteiger charge is 2.43. The largest absolute Gasteiger partial charge is 0.343 e. The van der Waals surface area contributed by atoms with E-state index in [0.29, 0.717) is 32.2 Å². The fourth-order valence-corrected chi connectivity index (χ4v) is 4.77. The molecule has 0 radical (unpaired) electrons. The van der Waals surface area contributed by atoms with E-state index >= 15 is 0 Å². The molecule has 2 saturated heterocycles. The standard InChI is InChI=1S/C28H37FN4O5/c1-3-28(2)27(38)31-22(17-19-11-6-4-7-12-19)26(37)33-16-10-15-23(33)25(36)30-21(24(35)32-28)14-9-5-8-13-20(34)18-29/h4,6-8,11-13,21-23H,3,5,9-10,14-18H2,1-2H3,(H,30,36)(H,31,38)(H,32,35)/b13-8+/t21-,22-,23+,28-/m0/s1. The maximum atomic E-state index is 13.7. The summed E-state index contributed by atoms with van der Waals surface area (Å²) in [6, 6.07) is 6.75. The van der Waals surface area contributed by atoms with Crippen molar-refractivity contribution in [3.8, 4) is 0 Å². The van der Waals surface area contributed by atoms with Crippen molar-refractivity contribution in [2.24, 2.45) is 0 Å². The van der Waals surface area contributed by atoms with Crippen LogP contribution in [0.25, 0.3) is 0 Å². The molecule has 4 amide bonds. The fraction of sp³-hybridized carbons (Fsp3) is 0.536. The Kier molecular flexibility index (Phi) is 10.2. The van der Waals surface area contributed by atoms with Gasteiger partial charge in [0.1, 0.15) is 23.7 Å². The third kappa shape index (κ3) is 7.26. The van der Waals surface area contributed by atoms with Gasteiger partial charge in [-0.15, -0.1) is 0 Å². The van der Waals surface area contributed by atoms with Gasteiger partial charge in [0.25, 0.3) is 0 Å². The smallest absolute Gasteiger partial charge is 0.246 e. The molecular formula is C28H37FN4O5. The van der Waals surface area contributed by atoms with Crippen LogP contribution >= 0.6 is 0 Å². The number of benzene rings is 1. The van der Waals surface area contributed by atoms with Crippen LogP contribution in [-0.4, -0.2) is 71.2 Å². The summed E-state index contributed by atoms with van der Waals surface area (Å²) in [6.45, 7) is 2.67. The van der Waals surface area contributed by atoms with Gasteiger partial charge in [-0.3, -0.25) is 24.0 Å². The van der Waals surface area contributed by atoms with Crippen LogP contribution in [0.4, 0.5) is 4.39 Å². The van der Waals surface area contributed by atoms with Crippen LogP contribution in [0.1, 0.15) is 57.9 Å². The number of hydrogen-bond acceptors (Lipinski definition) is 5. The van der Waals surface area contributed by atoms with Gasteiger partial charge in [0.05, 0.1) is 0 Å². The van der Waals surface area contributed by atoms with E-state index in [0.717, 1.165) is 11.6 Å². The van der Waals surface area contributed by atoms with Crippen LogP contribution < -0.4 is 16.0 Å². The van der Waals surface area contributed by atoms with Crippen LogP contribution in [-0.2, 0) is 30.4 Å². The number of carbonyl (C=O) groups excluding carboxylic acids is 5. The summed E-state index contributed by atoms with van der Waals surface area (Å²) in [7, 11) is 0. The lowest BCUT2D eigenvalue weighted by Gasteiger charge is -2.35. The lowest BCUT2D eigenvalue weighted by molar-refractivity contribution is -0.144. The Hall–Kier alpha value is -3.56. The third-order valence-electron chi connectivity index (χ3n) is 7.26. The first kappa shape index (κ1) is 29.0. The van der Waals surface area contributed by atoms with Gasteiger partial charge < -0.3 is 20.9 Å². The van der Waals surface area contributed by atoms with Crippen molar-refractivity contribution in [1.29, 1.82) is 0 Å². The molecule has 1 aromatic rings. The van der Waals surface area contributed by atoms with Crippen LogP contribution in [0.3, 0.4) is 0 Å². The molecule has 206 valence electrons. The van der Waals surface area contributed by atoms with Gasteiger partial charge in [-0.2, -0.15) is 0 Å². The minimum Gasteiger partial charge on any atom is -0.343 e. The molecule has 0 aromatic heterocycles. The van der Waals surface area contributed by atoms with Crippen molar-refractivity contribution in [2.75, 3.05) is 13.2 Å². The maximum Gasteiger partial charge on any atom is 0.246 e. The molecular weight excluding hydrogens is 491 g/mol. The molecule has 2 aliphatic rings. The summed E-state index contributed by atoms with van der Waals surface area (Å²) in [4.78, 5) is 66.5. The lowest BCUT2D eigenvalue weighted by Crippen LogP contribution is -2.65. The average Bonchev–Trinajstić information content (AvgIpc) is 3.41. The molecule has 0 aliphatic carbocycles. The molecule has 0 spiro atoms. The Balaban J connectivity index is 1.86. The summed E-state index contributed by atoms with van der Waals surface area (Å²) in [5, 5.41) is 8.46. The highest BCUT2D eigenvalue weighted by Crippen LogP contribution is 2.22. The van der Waals surface area contributed by atoms with Gasteiger partial charge in [0.2, 0.25) is 23.6 Å². The number of ketones is 1. The maximum absolute atomic E-state index is 13.7. The number of nitrogens with zero attached hydrogens (tertiary/aromatic N) is 1. The minimum absolute atomic E-state index is 0.241. The second-order valence-corrected chi connectivity index (χ2v) is 10.1. The second kappa shape index (κ2) is 13.3. The highest BCUT2D eigenvalue weighted by atomic mass is 19.1. The Labute approximate surface area is 222 Å². The fourth-order valence-electron chi connectivity index (χ4n) is 4.77. The Morgan fingerprint density at radius 3 is 2.53 bits per heavy atom. The van der Waals surface area contributed by atoms with Gasteiger partial charge in [0, 0.05) is 13.0 Å². The first-order chi connectivity index (χ1) is 18.2. The molecule has 38 heavy (non-hydrogen) atoms. The molecule has 1 aromatic carbocycles. The molecule has 2 aliphatic heterocycles. The first-order valence-electron chi connectivity index (χ1n) is 13.2. The molecule has 9 nitrogen and oxygen atoms in total. The van der Waals surface area contributed by atoms with Crippen LogP contribution in [0.2, 0.25) is 0 Å². The number of hydrogen-bond donors (Lipinski definition) is 3. The topological polar surface area (TPSA) is 125 Å². The molecule has 0 bridgehead atoms. The number of halogens is 1. The Morgan fingerprint density at radius 1 is 1.11 bits per heavy atom. The molecule has 3 rings (SSSR count). The highest BCUT2D eigenvalue weighted by molar-refractivity contribution is 5.99. The van der Waals surface area contributed by atoms with E-state index in [1.165, 1.54) is 11.0 Å². The number of alkyl halides is 1. The SMILES string of the molecule is CC[C@]1(C)NC(=O)[C@H](CCC/C=C/C(=O)CF)NC(=O)[C@H]2CCCN2C(=O)[C@H](Cc2ccccc2)NC1=O. The summed E-state index contributed by atoms with van der Waals surface area (Å²) >= 11 is 0. The molecule has 0 saturated carbocycles. The molecule has 4 atom stereocenters. The molecule has 2 heterocycles. The number of rotatable bonds is 9. The third-order valence-corrected chi connectivity index (χ3v) is 7.26. The van der Waals surface area contributed by atoms with E-state index in [1.54, 1.807) is 13.8 Å². The van der Waals surface area contributed by atoms with Gasteiger partial charge >= 0.3 is 0 Å². The van der Waals surface area contributed by atoms with Crippen molar-refractivity contribution in [3.05, 3.63) is 48.0 Å². The second-order valence-electron chi connectivity index (χ2n) is 10.1.